The molecule has 0 aliphatic rings. The summed E-state index contributed by atoms with van der Waals surface area (Å²) in [4.78, 5) is 16.2. The van der Waals surface area contributed by atoms with Gasteiger partial charge in [-0.05, 0) is 19.9 Å². The van der Waals surface area contributed by atoms with Gasteiger partial charge in [-0.15, -0.1) is 21.5 Å². The minimum Gasteiger partial charge on any atom is -0.305 e. The normalized spacial score (nSPS) is 10.8. The third-order valence-corrected chi connectivity index (χ3v) is 5.20. The number of nitrogens with one attached hydrogen (secondary N) is 1. The number of thioether (sulfide) groups is 1. The number of benzene rings is 1. The minimum absolute atomic E-state index is 0.102. The highest BCUT2D eigenvalue weighted by Gasteiger charge is 2.13. The summed E-state index contributed by atoms with van der Waals surface area (Å²) in [5, 5.41) is 14.4. The van der Waals surface area contributed by atoms with E-state index in [4.69, 9.17) is 0 Å². The Morgan fingerprint density at radius 1 is 1.33 bits per heavy atom. The molecule has 0 saturated heterocycles. The molecule has 3 aromatic rings. The van der Waals surface area contributed by atoms with E-state index in [2.05, 4.69) is 26.6 Å². The maximum atomic E-state index is 12.0. The van der Waals surface area contributed by atoms with E-state index in [1.165, 1.54) is 28.7 Å². The molecule has 2 heterocycles. The average molecular weight is 359 g/mol. The van der Waals surface area contributed by atoms with Crippen LogP contribution in [0.4, 0.5) is 5.13 Å². The number of hydrogen-bond acceptors (Lipinski definition) is 6. The fourth-order valence-electron chi connectivity index (χ4n) is 2.17. The van der Waals surface area contributed by atoms with Gasteiger partial charge in [0.05, 0.1) is 11.4 Å². The van der Waals surface area contributed by atoms with Crippen LogP contribution in [-0.2, 0) is 11.8 Å². The first-order valence-electron chi connectivity index (χ1n) is 7.34. The maximum Gasteiger partial charge on any atom is 0.236 e. The molecule has 8 heteroatoms. The van der Waals surface area contributed by atoms with Crippen LogP contribution in [0.25, 0.3) is 11.4 Å². The van der Waals surface area contributed by atoms with Crippen LogP contribution >= 0.6 is 23.1 Å². The Labute approximate surface area is 148 Å². The van der Waals surface area contributed by atoms with E-state index in [-0.39, 0.29) is 11.7 Å². The number of carbonyl (C=O) groups is 1. The van der Waals surface area contributed by atoms with E-state index in [0.717, 1.165) is 17.1 Å². The van der Waals surface area contributed by atoms with Crippen LogP contribution < -0.4 is 5.32 Å². The molecule has 0 radical (unpaired) electrons. The third kappa shape index (κ3) is 3.82. The van der Waals surface area contributed by atoms with Crippen LogP contribution in [0.2, 0.25) is 0 Å². The number of aromatic nitrogens is 4. The van der Waals surface area contributed by atoms with Gasteiger partial charge in [0, 0.05) is 18.0 Å². The Morgan fingerprint density at radius 2 is 2.17 bits per heavy atom. The van der Waals surface area contributed by atoms with Gasteiger partial charge in [-0.1, -0.05) is 35.5 Å². The lowest BCUT2D eigenvalue weighted by Gasteiger charge is -2.04. The number of anilines is 1. The van der Waals surface area contributed by atoms with Crippen LogP contribution in [0.15, 0.2) is 34.8 Å². The molecule has 0 unspecified atom stereocenters. The van der Waals surface area contributed by atoms with Gasteiger partial charge in [0.2, 0.25) is 5.91 Å². The van der Waals surface area contributed by atoms with E-state index >= 15 is 0 Å². The SMILES string of the molecule is Cc1cccc(-c2nnc(SCC(=O)Nc3nc(C)cs3)n2C)c1. The maximum absolute atomic E-state index is 12.0. The van der Waals surface area contributed by atoms with Crippen molar-refractivity contribution in [3.63, 3.8) is 0 Å². The molecule has 0 spiro atoms. The molecule has 0 atom stereocenters. The van der Waals surface area contributed by atoms with Gasteiger partial charge < -0.3 is 9.88 Å². The molecule has 1 N–H and O–H groups in total. The molecule has 24 heavy (non-hydrogen) atoms. The first kappa shape index (κ1) is 16.7. The minimum atomic E-state index is -0.102. The second-order valence-corrected chi connectivity index (χ2v) is 7.17. The number of thiazole rings is 1. The highest BCUT2D eigenvalue weighted by Crippen LogP contribution is 2.23. The van der Waals surface area contributed by atoms with Crippen molar-refractivity contribution in [3.8, 4) is 11.4 Å². The van der Waals surface area contributed by atoms with Gasteiger partial charge in [0.15, 0.2) is 16.1 Å². The Morgan fingerprint density at radius 3 is 2.88 bits per heavy atom. The van der Waals surface area contributed by atoms with Crippen molar-refractivity contribution in [2.24, 2.45) is 7.05 Å². The van der Waals surface area contributed by atoms with Gasteiger partial charge >= 0.3 is 0 Å². The first-order chi connectivity index (χ1) is 11.5. The number of aryl methyl sites for hydroxylation is 2. The number of amides is 1. The summed E-state index contributed by atoms with van der Waals surface area (Å²) in [6, 6.07) is 8.11. The standard InChI is InChI=1S/C16H17N5OS2/c1-10-5-4-6-12(7-10)14-19-20-16(21(14)3)24-9-13(22)18-15-17-11(2)8-23-15/h4-8H,9H2,1-3H3,(H,17,18,22). The van der Waals surface area contributed by atoms with Crippen molar-refractivity contribution in [1.82, 2.24) is 19.7 Å². The second kappa shape index (κ2) is 7.14. The lowest BCUT2D eigenvalue weighted by atomic mass is 10.1. The molecule has 0 aliphatic carbocycles. The average Bonchev–Trinajstić information content (AvgIpc) is 3.11. The van der Waals surface area contributed by atoms with Gasteiger partial charge in [-0.2, -0.15) is 0 Å². The van der Waals surface area contributed by atoms with Crippen molar-refractivity contribution in [2.75, 3.05) is 11.1 Å². The fraction of sp³-hybridized carbons (Fsp3) is 0.250. The summed E-state index contributed by atoms with van der Waals surface area (Å²) in [7, 11) is 1.90. The zero-order chi connectivity index (χ0) is 17.1. The van der Waals surface area contributed by atoms with E-state index in [1.54, 1.807) is 0 Å². The Balaban J connectivity index is 1.65. The molecule has 0 saturated carbocycles. The van der Waals surface area contributed by atoms with Gasteiger partial charge in [0.25, 0.3) is 0 Å². The van der Waals surface area contributed by atoms with E-state index in [1.807, 2.05) is 49.0 Å². The van der Waals surface area contributed by atoms with Gasteiger partial charge in [-0.3, -0.25) is 4.79 Å². The van der Waals surface area contributed by atoms with Crippen molar-refractivity contribution in [3.05, 3.63) is 40.9 Å². The molecule has 0 bridgehead atoms. The highest BCUT2D eigenvalue weighted by molar-refractivity contribution is 7.99. The fourth-order valence-corrected chi connectivity index (χ4v) is 3.59. The zero-order valence-corrected chi connectivity index (χ0v) is 15.2. The summed E-state index contributed by atoms with van der Waals surface area (Å²) in [5.74, 6) is 0.949. The van der Waals surface area contributed by atoms with Crippen LogP contribution in [0.3, 0.4) is 0 Å². The molecule has 3 rings (SSSR count). The van der Waals surface area contributed by atoms with E-state index < -0.39 is 0 Å². The molecule has 124 valence electrons. The lowest BCUT2D eigenvalue weighted by Crippen LogP contribution is -2.14. The topological polar surface area (TPSA) is 72.7 Å². The summed E-state index contributed by atoms with van der Waals surface area (Å²) < 4.78 is 1.90. The molecule has 0 aliphatic heterocycles. The van der Waals surface area contributed by atoms with Crippen molar-refractivity contribution in [2.45, 2.75) is 19.0 Å². The number of hydrogen-bond donors (Lipinski definition) is 1. The van der Waals surface area contributed by atoms with E-state index in [0.29, 0.717) is 10.3 Å². The van der Waals surface area contributed by atoms with Crippen LogP contribution in [0.1, 0.15) is 11.3 Å². The van der Waals surface area contributed by atoms with Crippen LogP contribution in [0.5, 0.6) is 0 Å². The smallest absolute Gasteiger partial charge is 0.236 e. The molecule has 2 aromatic heterocycles. The summed E-state index contributed by atoms with van der Waals surface area (Å²) >= 11 is 2.77. The number of carbonyl (C=O) groups excluding carboxylic acids is 1. The highest BCUT2D eigenvalue weighted by atomic mass is 32.2. The van der Waals surface area contributed by atoms with Gasteiger partial charge in [-0.25, -0.2) is 4.98 Å². The summed E-state index contributed by atoms with van der Waals surface area (Å²) in [6.45, 7) is 3.94. The Hall–Kier alpha value is -2.19. The molecule has 1 amide bonds. The van der Waals surface area contributed by atoms with Crippen LogP contribution in [-0.4, -0.2) is 31.4 Å². The zero-order valence-electron chi connectivity index (χ0n) is 13.6. The first-order valence-corrected chi connectivity index (χ1v) is 9.20. The largest absolute Gasteiger partial charge is 0.305 e. The summed E-state index contributed by atoms with van der Waals surface area (Å²) in [5.41, 5.74) is 3.08. The second-order valence-electron chi connectivity index (χ2n) is 5.37. The number of nitrogens with zero attached hydrogens (tertiary/aromatic N) is 4. The quantitative estimate of drug-likeness (QED) is 0.708. The molecule has 0 fully saturated rings. The molecular formula is C16H17N5OS2. The lowest BCUT2D eigenvalue weighted by molar-refractivity contribution is -0.113. The van der Waals surface area contributed by atoms with Crippen molar-refractivity contribution in [1.29, 1.82) is 0 Å². The molecule has 1 aromatic carbocycles. The Bertz CT molecular complexity index is 871. The predicted octanol–water partition coefficient (Wildman–Crippen LogP) is 3.29. The summed E-state index contributed by atoms with van der Waals surface area (Å²) in [6.07, 6.45) is 0. The molecular weight excluding hydrogens is 342 g/mol. The Kier molecular flexibility index (Phi) is 4.96. The van der Waals surface area contributed by atoms with E-state index in [9.17, 15) is 4.79 Å². The monoisotopic (exact) mass is 359 g/mol. The third-order valence-electron chi connectivity index (χ3n) is 3.31. The molecule has 6 nitrogen and oxygen atoms in total. The predicted molar refractivity (Wildman–Crippen MR) is 97.4 cm³/mol. The van der Waals surface area contributed by atoms with Crippen LogP contribution in [0, 0.1) is 13.8 Å². The van der Waals surface area contributed by atoms with Crippen molar-refractivity contribution < 1.29 is 4.79 Å². The number of rotatable bonds is 5. The van der Waals surface area contributed by atoms with Gasteiger partial charge in [0.1, 0.15) is 0 Å². The van der Waals surface area contributed by atoms with Crippen molar-refractivity contribution >= 4 is 34.1 Å².